The molecule has 0 radical (unpaired) electrons. The van der Waals surface area contributed by atoms with Gasteiger partial charge in [-0.3, -0.25) is 0 Å². The van der Waals surface area contributed by atoms with Crippen LogP contribution < -0.4 is 5.32 Å². The first-order valence-electron chi connectivity index (χ1n) is 6.05. The Morgan fingerprint density at radius 1 is 1.19 bits per heavy atom. The van der Waals surface area contributed by atoms with E-state index in [-0.39, 0.29) is 10.8 Å². The fourth-order valence-corrected chi connectivity index (χ4v) is 2.10. The molecule has 0 aliphatic rings. The van der Waals surface area contributed by atoms with Crippen molar-refractivity contribution >= 4 is 17.6 Å². The second-order valence-electron chi connectivity index (χ2n) is 4.09. The molecular formula is C12H12F3N5S. The van der Waals surface area contributed by atoms with E-state index < -0.39 is 12.0 Å². The first-order chi connectivity index (χ1) is 9.88. The van der Waals surface area contributed by atoms with Gasteiger partial charge in [0.25, 0.3) is 0 Å². The van der Waals surface area contributed by atoms with Crippen LogP contribution in [-0.2, 0) is 6.18 Å². The van der Waals surface area contributed by atoms with Crippen LogP contribution in [0.1, 0.15) is 18.3 Å². The van der Waals surface area contributed by atoms with Crippen molar-refractivity contribution < 1.29 is 13.2 Å². The molecule has 9 heteroatoms. The number of halogens is 3. The molecule has 2 aromatic heterocycles. The van der Waals surface area contributed by atoms with Crippen LogP contribution in [0.3, 0.4) is 0 Å². The molecule has 0 spiro atoms. The van der Waals surface area contributed by atoms with Crippen LogP contribution in [0.5, 0.6) is 0 Å². The molecule has 0 saturated carbocycles. The highest BCUT2D eigenvalue weighted by Crippen LogP contribution is 2.31. The van der Waals surface area contributed by atoms with Crippen molar-refractivity contribution in [1.29, 1.82) is 0 Å². The molecule has 112 valence electrons. The third-order valence-electron chi connectivity index (χ3n) is 2.27. The van der Waals surface area contributed by atoms with Gasteiger partial charge in [-0.1, -0.05) is 0 Å². The number of hydrogen-bond acceptors (Lipinski definition) is 6. The summed E-state index contributed by atoms with van der Waals surface area (Å²) in [6.07, 6.45) is -1.42. The number of rotatable bonds is 4. The highest BCUT2D eigenvalue weighted by molar-refractivity contribution is 7.99. The number of nitrogens with zero attached hydrogens (tertiary/aromatic N) is 4. The smallest absolute Gasteiger partial charge is 0.370 e. The SMILES string of the molecule is CCNc1cc(Sc2ncc(C)cn2)nc(C(F)(F)F)n1. The molecule has 0 bridgehead atoms. The van der Waals surface area contributed by atoms with Crippen molar-refractivity contribution in [3.05, 3.63) is 29.8 Å². The quantitative estimate of drug-likeness (QED) is 0.690. The van der Waals surface area contributed by atoms with Crippen molar-refractivity contribution in [3.63, 3.8) is 0 Å². The third-order valence-corrected chi connectivity index (χ3v) is 3.08. The Labute approximate surface area is 123 Å². The Hall–Kier alpha value is -1.90. The Morgan fingerprint density at radius 3 is 2.43 bits per heavy atom. The van der Waals surface area contributed by atoms with Crippen LogP contribution in [-0.4, -0.2) is 26.5 Å². The molecule has 2 rings (SSSR count). The number of aromatic nitrogens is 4. The standard InChI is InChI=1S/C12H12F3N5S/c1-3-16-8-4-9(20-10(19-8)12(13,14)15)21-11-17-5-7(2)6-18-11/h4-6H,3H2,1-2H3,(H,16,19,20). The zero-order chi connectivity index (χ0) is 15.5. The summed E-state index contributed by atoms with van der Waals surface area (Å²) in [6.45, 7) is 4.05. The molecule has 5 nitrogen and oxygen atoms in total. The molecule has 0 aliphatic heterocycles. The largest absolute Gasteiger partial charge is 0.451 e. The summed E-state index contributed by atoms with van der Waals surface area (Å²) in [5, 5.41) is 3.21. The maximum Gasteiger partial charge on any atom is 0.451 e. The fraction of sp³-hybridized carbons (Fsp3) is 0.333. The fourth-order valence-electron chi connectivity index (χ4n) is 1.40. The lowest BCUT2D eigenvalue weighted by molar-refractivity contribution is -0.145. The van der Waals surface area contributed by atoms with E-state index in [9.17, 15) is 13.2 Å². The molecule has 0 fully saturated rings. The monoisotopic (exact) mass is 315 g/mol. The topological polar surface area (TPSA) is 63.6 Å². The van der Waals surface area contributed by atoms with Gasteiger partial charge in [0.15, 0.2) is 5.16 Å². The van der Waals surface area contributed by atoms with Crippen LogP contribution in [0.4, 0.5) is 19.0 Å². The van der Waals surface area contributed by atoms with E-state index in [0.29, 0.717) is 11.7 Å². The van der Waals surface area contributed by atoms with Gasteiger partial charge in [-0.25, -0.2) is 19.9 Å². The molecule has 0 aliphatic carbocycles. The average molecular weight is 315 g/mol. The van der Waals surface area contributed by atoms with Crippen molar-refractivity contribution in [1.82, 2.24) is 19.9 Å². The maximum atomic E-state index is 12.8. The lowest BCUT2D eigenvalue weighted by atomic mass is 10.4. The zero-order valence-electron chi connectivity index (χ0n) is 11.3. The Kier molecular flexibility index (Phi) is 4.61. The summed E-state index contributed by atoms with van der Waals surface area (Å²) in [7, 11) is 0. The number of nitrogens with one attached hydrogen (secondary N) is 1. The van der Waals surface area contributed by atoms with Crippen molar-refractivity contribution in [2.75, 3.05) is 11.9 Å². The zero-order valence-corrected chi connectivity index (χ0v) is 12.1. The minimum Gasteiger partial charge on any atom is -0.370 e. The van der Waals surface area contributed by atoms with Crippen molar-refractivity contribution in [2.45, 2.75) is 30.2 Å². The van der Waals surface area contributed by atoms with Gasteiger partial charge in [0, 0.05) is 25.0 Å². The van der Waals surface area contributed by atoms with Crippen LogP contribution in [0, 0.1) is 6.92 Å². The molecule has 0 atom stereocenters. The predicted octanol–water partition coefficient (Wildman–Crippen LogP) is 3.18. The van der Waals surface area contributed by atoms with Gasteiger partial charge in [-0.15, -0.1) is 0 Å². The number of aryl methyl sites for hydroxylation is 1. The molecule has 1 N–H and O–H groups in total. The lowest BCUT2D eigenvalue weighted by Crippen LogP contribution is -2.13. The van der Waals surface area contributed by atoms with E-state index in [1.165, 1.54) is 6.07 Å². The van der Waals surface area contributed by atoms with Crippen LogP contribution in [0.2, 0.25) is 0 Å². The van der Waals surface area contributed by atoms with E-state index in [1.807, 2.05) is 6.92 Å². The van der Waals surface area contributed by atoms with Crippen LogP contribution in [0.15, 0.2) is 28.6 Å². The Bertz CT molecular complexity index is 615. The lowest BCUT2D eigenvalue weighted by Gasteiger charge is -2.10. The van der Waals surface area contributed by atoms with Gasteiger partial charge in [0.05, 0.1) is 0 Å². The highest BCUT2D eigenvalue weighted by atomic mass is 32.2. The summed E-state index contributed by atoms with van der Waals surface area (Å²) in [5.74, 6) is -1.06. The van der Waals surface area contributed by atoms with Gasteiger partial charge in [0.2, 0.25) is 5.82 Å². The summed E-state index contributed by atoms with van der Waals surface area (Å²) in [6, 6.07) is 1.44. The Morgan fingerprint density at radius 2 is 1.86 bits per heavy atom. The second-order valence-corrected chi connectivity index (χ2v) is 5.08. The van der Waals surface area contributed by atoms with E-state index in [1.54, 1.807) is 19.3 Å². The average Bonchev–Trinajstić information content (AvgIpc) is 2.41. The number of hydrogen-bond donors (Lipinski definition) is 1. The van der Waals surface area contributed by atoms with Gasteiger partial charge >= 0.3 is 6.18 Å². The molecule has 0 unspecified atom stereocenters. The maximum absolute atomic E-state index is 12.8. The molecule has 0 amide bonds. The van der Waals surface area contributed by atoms with Gasteiger partial charge in [-0.05, 0) is 31.2 Å². The van der Waals surface area contributed by atoms with E-state index in [2.05, 4.69) is 25.3 Å². The summed E-state index contributed by atoms with van der Waals surface area (Å²) < 4.78 is 38.4. The molecule has 2 heterocycles. The molecule has 0 saturated heterocycles. The Balaban J connectivity index is 2.33. The van der Waals surface area contributed by atoms with Crippen LogP contribution in [0.25, 0.3) is 0 Å². The number of alkyl halides is 3. The summed E-state index contributed by atoms with van der Waals surface area (Å²) in [4.78, 5) is 15.0. The summed E-state index contributed by atoms with van der Waals surface area (Å²) in [5.41, 5.74) is 0.867. The van der Waals surface area contributed by atoms with E-state index in [4.69, 9.17) is 0 Å². The molecule has 21 heavy (non-hydrogen) atoms. The molecule has 0 aromatic carbocycles. The van der Waals surface area contributed by atoms with Crippen molar-refractivity contribution in [3.8, 4) is 0 Å². The molecule has 2 aromatic rings. The van der Waals surface area contributed by atoms with Gasteiger partial charge in [0.1, 0.15) is 10.8 Å². The van der Waals surface area contributed by atoms with E-state index in [0.717, 1.165) is 17.3 Å². The predicted molar refractivity (Wildman–Crippen MR) is 72.1 cm³/mol. The number of anilines is 1. The minimum atomic E-state index is -4.60. The normalized spacial score (nSPS) is 11.5. The van der Waals surface area contributed by atoms with Crippen LogP contribution >= 0.6 is 11.8 Å². The van der Waals surface area contributed by atoms with Crippen molar-refractivity contribution in [2.24, 2.45) is 0 Å². The second kappa shape index (κ2) is 6.25. The first kappa shape index (κ1) is 15.5. The highest BCUT2D eigenvalue weighted by Gasteiger charge is 2.35. The van der Waals surface area contributed by atoms with E-state index >= 15 is 0 Å². The van der Waals surface area contributed by atoms with Gasteiger partial charge in [-0.2, -0.15) is 13.2 Å². The first-order valence-corrected chi connectivity index (χ1v) is 6.87. The third kappa shape index (κ3) is 4.28. The minimum absolute atomic E-state index is 0.120. The van der Waals surface area contributed by atoms with Gasteiger partial charge < -0.3 is 5.32 Å². The molecular weight excluding hydrogens is 303 g/mol. The summed E-state index contributed by atoms with van der Waals surface area (Å²) >= 11 is 0.953.